The van der Waals surface area contributed by atoms with Crippen LogP contribution in [-0.4, -0.2) is 25.4 Å². The van der Waals surface area contributed by atoms with Crippen molar-refractivity contribution in [3.63, 3.8) is 0 Å². The van der Waals surface area contributed by atoms with E-state index >= 15 is 0 Å². The standard InChI is InChI=1S/C28H39NO3/c1-20-10-8-9-13-22(20)19-29-23-14-15-25-24(18-23)26(27(30-4)28(2,3)32-25)31-17-16-21-11-6-5-7-12-21/h8-10,13-15,18,21,26-27,29H,5-7,11-12,16-17,19H2,1-4H3. The molecular weight excluding hydrogens is 398 g/mol. The number of rotatable bonds is 8. The Balaban J connectivity index is 1.50. The van der Waals surface area contributed by atoms with Gasteiger partial charge in [-0.1, -0.05) is 56.4 Å². The topological polar surface area (TPSA) is 39.7 Å². The molecule has 1 aliphatic heterocycles. The highest BCUT2D eigenvalue weighted by atomic mass is 16.6. The van der Waals surface area contributed by atoms with Crippen LogP contribution < -0.4 is 10.1 Å². The zero-order chi connectivity index (χ0) is 22.6. The Morgan fingerprint density at radius 1 is 1.06 bits per heavy atom. The molecule has 0 bridgehead atoms. The fourth-order valence-electron chi connectivity index (χ4n) is 5.27. The lowest BCUT2D eigenvalue weighted by atomic mass is 9.86. The lowest BCUT2D eigenvalue weighted by molar-refractivity contribution is -0.151. The number of ether oxygens (including phenoxy) is 3. The minimum absolute atomic E-state index is 0.137. The summed E-state index contributed by atoms with van der Waals surface area (Å²) >= 11 is 0. The van der Waals surface area contributed by atoms with Crippen LogP contribution in [0.1, 0.15) is 75.2 Å². The minimum atomic E-state index is -0.451. The molecule has 0 radical (unpaired) electrons. The summed E-state index contributed by atoms with van der Waals surface area (Å²) in [5.74, 6) is 1.70. The predicted molar refractivity (Wildman–Crippen MR) is 130 cm³/mol. The van der Waals surface area contributed by atoms with Crippen molar-refractivity contribution in [3.05, 3.63) is 59.2 Å². The molecule has 2 unspecified atom stereocenters. The molecule has 0 amide bonds. The summed E-state index contributed by atoms with van der Waals surface area (Å²) in [5, 5.41) is 3.58. The van der Waals surface area contributed by atoms with Crippen LogP contribution in [0.15, 0.2) is 42.5 Å². The van der Waals surface area contributed by atoms with Crippen LogP contribution in [0.3, 0.4) is 0 Å². The maximum absolute atomic E-state index is 6.56. The monoisotopic (exact) mass is 437 g/mol. The number of aryl methyl sites for hydroxylation is 1. The molecule has 32 heavy (non-hydrogen) atoms. The summed E-state index contributed by atoms with van der Waals surface area (Å²) in [6.45, 7) is 7.89. The molecule has 0 saturated heterocycles. The quantitative estimate of drug-likeness (QED) is 0.492. The minimum Gasteiger partial charge on any atom is -0.485 e. The van der Waals surface area contributed by atoms with Gasteiger partial charge in [-0.25, -0.2) is 0 Å². The third kappa shape index (κ3) is 5.29. The van der Waals surface area contributed by atoms with Gasteiger partial charge in [-0.05, 0) is 62.4 Å². The molecule has 1 saturated carbocycles. The number of hydrogen-bond donors (Lipinski definition) is 1. The highest BCUT2D eigenvalue weighted by molar-refractivity contribution is 5.54. The van der Waals surface area contributed by atoms with Gasteiger partial charge in [0.2, 0.25) is 0 Å². The van der Waals surface area contributed by atoms with Crippen LogP contribution in [-0.2, 0) is 16.0 Å². The van der Waals surface area contributed by atoms with Crippen molar-refractivity contribution in [2.45, 2.75) is 83.6 Å². The van der Waals surface area contributed by atoms with Crippen molar-refractivity contribution in [3.8, 4) is 5.75 Å². The second-order valence-corrected chi connectivity index (χ2v) is 9.98. The fraction of sp³-hybridized carbons (Fsp3) is 0.571. The van der Waals surface area contributed by atoms with Gasteiger partial charge >= 0.3 is 0 Å². The molecule has 0 aromatic heterocycles. The van der Waals surface area contributed by atoms with Gasteiger partial charge in [-0.2, -0.15) is 0 Å². The Labute approximate surface area is 193 Å². The van der Waals surface area contributed by atoms with Crippen molar-refractivity contribution in [1.29, 1.82) is 0 Å². The van der Waals surface area contributed by atoms with E-state index in [1.54, 1.807) is 7.11 Å². The Bertz CT molecular complexity index is 888. The van der Waals surface area contributed by atoms with Gasteiger partial charge in [0.1, 0.15) is 23.6 Å². The number of anilines is 1. The summed E-state index contributed by atoms with van der Waals surface area (Å²) in [5.41, 5.74) is 4.30. The van der Waals surface area contributed by atoms with Gasteiger partial charge in [0.25, 0.3) is 0 Å². The second-order valence-electron chi connectivity index (χ2n) is 9.98. The fourth-order valence-corrected chi connectivity index (χ4v) is 5.27. The molecule has 1 N–H and O–H groups in total. The van der Waals surface area contributed by atoms with E-state index in [0.29, 0.717) is 0 Å². The van der Waals surface area contributed by atoms with Gasteiger partial charge in [-0.15, -0.1) is 0 Å². The summed E-state index contributed by atoms with van der Waals surface area (Å²) in [4.78, 5) is 0. The van der Waals surface area contributed by atoms with Crippen LogP contribution in [0.2, 0.25) is 0 Å². The summed E-state index contributed by atoms with van der Waals surface area (Å²) in [6, 6.07) is 14.8. The average molecular weight is 438 g/mol. The molecule has 2 aromatic rings. The van der Waals surface area contributed by atoms with E-state index < -0.39 is 5.60 Å². The molecule has 1 aliphatic carbocycles. The van der Waals surface area contributed by atoms with E-state index in [2.05, 4.69) is 68.6 Å². The largest absolute Gasteiger partial charge is 0.485 e. The SMILES string of the molecule is COC1C(OCCC2CCCCC2)c2cc(NCc3ccccc3C)ccc2OC1(C)C. The first-order valence-electron chi connectivity index (χ1n) is 12.2. The van der Waals surface area contributed by atoms with Crippen molar-refractivity contribution < 1.29 is 14.2 Å². The zero-order valence-corrected chi connectivity index (χ0v) is 20.2. The third-order valence-corrected chi connectivity index (χ3v) is 7.20. The van der Waals surface area contributed by atoms with E-state index in [9.17, 15) is 0 Å². The van der Waals surface area contributed by atoms with Gasteiger partial charge in [-0.3, -0.25) is 0 Å². The first kappa shape index (κ1) is 23.1. The van der Waals surface area contributed by atoms with Crippen LogP contribution in [0.25, 0.3) is 0 Å². The smallest absolute Gasteiger partial charge is 0.132 e. The Morgan fingerprint density at radius 2 is 1.84 bits per heavy atom. The Morgan fingerprint density at radius 3 is 2.59 bits per heavy atom. The number of methoxy groups -OCH3 is 1. The van der Waals surface area contributed by atoms with Crippen molar-refractivity contribution in [2.75, 3.05) is 19.0 Å². The number of benzene rings is 2. The van der Waals surface area contributed by atoms with E-state index in [1.165, 1.54) is 43.2 Å². The molecular formula is C28H39NO3. The number of nitrogens with one attached hydrogen (secondary N) is 1. The lowest BCUT2D eigenvalue weighted by Crippen LogP contribution is -2.50. The summed E-state index contributed by atoms with van der Waals surface area (Å²) in [6.07, 6.45) is 7.66. The number of fused-ring (bicyclic) bond motifs is 1. The molecule has 2 aromatic carbocycles. The van der Waals surface area contributed by atoms with Gasteiger partial charge in [0, 0.05) is 31.5 Å². The highest BCUT2D eigenvalue weighted by Crippen LogP contribution is 2.44. The maximum Gasteiger partial charge on any atom is 0.132 e. The van der Waals surface area contributed by atoms with E-state index in [1.807, 2.05) is 0 Å². The summed E-state index contributed by atoms with van der Waals surface area (Å²) < 4.78 is 18.8. The molecule has 2 atom stereocenters. The molecule has 4 heteroatoms. The number of hydrogen-bond acceptors (Lipinski definition) is 4. The summed E-state index contributed by atoms with van der Waals surface area (Å²) in [7, 11) is 1.76. The Kier molecular flexibility index (Phi) is 7.42. The van der Waals surface area contributed by atoms with Crippen LogP contribution in [0.4, 0.5) is 5.69 Å². The molecule has 1 fully saturated rings. The van der Waals surface area contributed by atoms with Crippen molar-refractivity contribution in [1.82, 2.24) is 0 Å². The normalized spacial score (nSPS) is 22.8. The van der Waals surface area contributed by atoms with Crippen molar-refractivity contribution in [2.24, 2.45) is 5.92 Å². The second kappa shape index (κ2) is 10.3. The van der Waals surface area contributed by atoms with E-state index in [0.717, 1.165) is 42.5 Å². The first-order chi connectivity index (χ1) is 15.5. The molecule has 4 rings (SSSR count). The molecule has 1 heterocycles. The van der Waals surface area contributed by atoms with E-state index in [-0.39, 0.29) is 12.2 Å². The van der Waals surface area contributed by atoms with Crippen LogP contribution in [0.5, 0.6) is 5.75 Å². The molecule has 4 nitrogen and oxygen atoms in total. The molecule has 0 spiro atoms. The van der Waals surface area contributed by atoms with Gasteiger partial charge in [0.05, 0.1) is 0 Å². The third-order valence-electron chi connectivity index (χ3n) is 7.20. The predicted octanol–water partition coefficient (Wildman–Crippen LogP) is 6.82. The van der Waals surface area contributed by atoms with Gasteiger partial charge in [0.15, 0.2) is 0 Å². The van der Waals surface area contributed by atoms with Crippen molar-refractivity contribution >= 4 is 5.69 Å². The average Bonchev–Trinajstić information content (AvgIpc) is 2.79. The zero-order valence-electron chi connectivity index (χ0n) is 20.2. The van der Waals surface area contributed by atoms with Crippen LogP contribution >= 0.6 is 0 Å². The molecule has 2 aliphatic rings. The maximum atomic E-state index is 6.56. The first-order valence-corrected chi connectivity index (χ1v) is 12.2. The van der Waals surface area contributed by atoms with Gasteiger partial charge < -0.3 is 19.5 Å². The van der Waals surface area contributed by atoms with Crippen LogP contribution in [0, 0.1) is 12.8 Å². The Hall–Kier alpha value is -2.04. The highest BCUT2D eigenvalue weighted by Gasteiger charge is 2.45. The lowest BCUT2D eigenvalue weighted by Gasteiger charge is -2.44. The molecule has 174 valence electrons. The van der Waals surface area contributed by atoms with E-state index in [4.69, 9.17) is 14.2 Å².